The maximum absolute atomic E-state index is 11.3. The van der Waals surface area contributed by atoms with E-state index < -0.39 is 14.8 Å². The summed E-state index contributed by atoms with van der Waals surface area (Å²) in [5.74, 6) is 0.645. The molecule has 0 aromatic heterocycles. The lowest BCUT2D eigenvalue weighted by Gasteiger charge is -2.01. The molecule has 0 atom stereocenters. The van der Waals surface area contributed by atoms with Crippen LogP contribution in [0.1, 0.15) is 12.0 Å². The average molecular weight is 287 g/mol. The number of nitrogens with zero attached hydrogens (tertiary/aromatic N) is 1. The first kappa shape index (κ1) is 14.7. The Balaban J connectivity index is 3.25. The van der Waals surface area contributed by atoms with Gasteiger partial charge < -0.3 is 0 Å². The van der Waals surface area contributed by atoms with Crippen LogP contribution in [0.5, 0.6) is 0 Å². The highest BCUT2D eigenvalue weighted by molar-refractivity contribution is 7.90. The molecule has 0 saturated heterocycles. The molecule has 0 bridgehead atoms. The van der Waals surface area contributed by atoms with E-state index in [2.05, 4.69) is 12.6 Å². The van der Waals surface area contributed by atoms with Crippen molar-refractivity contribution >= 4 is 34.2 Å². The van der Waals surface area contributed by atoms with Crippen LogP contribution in [0.25, 0.3) is 6.08 Å². The standard InChI is InChI=1S/C11H13NO4S2/c1-18(15,16)10-6-5-9(4-2-3-7-17)11(8-10)12(13)14/h2,4-6,8,17H,3,7H2,1H3. The molecular formula is C11H13NO4S2. The summed E-state index contributed by atoms with van der Waals surface area (Å²) in [6.07, 6.45) is 5.06. The summed E-state index contributed by atoms with van der Waals surface area (Å²) in [5.41, 5.74) is 0.169. The Labute approximate surface area is 111 Å². The Morgan fingerprint density at radius 2 is 2.11 bits per heavy atom. The molecule has 0 aliphatic rings. The van der Waals surface area contributed by atoms with E-state index in [0.29, 0.717) is 17.7 Å². The molecule has 0 N–H and O–H groups in total. The van der Waals surface area contributed by atoms with Gasteiger partial charge in [-0.2, -0.15) is 12.6 Å². The van der Waals surface area contributed by atoms with Gasteiger partial charge in [0.15, 0.2) is 9.84 Å². The Bertz CT molecular complexity index is 579. The van der Waals surface area contributed by atoms with Crippen LogP contribution in [0, 0.1) is 10.1 Å². The van der Waals surface area contributed by atoms with Crippen LogP contribution in [-0.2, 0) is 9.84 Å². The van der Waals surface area contributed by atoms with Crippen molar-refractivity contribution in [1.29, 1.82) is 0 Å². The van der Waals surface area contributed by atoms with E-state index in [-0.39, 0.29) is 10.6 Å². The number of rotatable bonds is 5. The lowest BCUT2D eigenvalue weighted by atomic mass is 10.1. The van der Waals surface area contributed by atoms with E-state index in [0.717, 1.165) is 12.3 Å². The van der Waals surface area contributed by atoms with Crippen molar-refractivity contribution in [1.82, 2.24) is 0 Å². The SMILES string of the molecule is CS(=O)(=O)c1ccc(C=CCCS)c([N+](=O)[O-])c1. The zero-order valence-electron chi connectivity index (χ0n) is 9.74. The smallest absolute Gasteiger partial charge is 0.258 e. The molecule has 5 nitrogen and oxygen atoms in total. The van der Waals surface area contributed by atoms with Crippen molar-refractivity contribution in [3.05, 3.63) is 40.0 Å². The van der Waals surface area contributed by atoms with E-state index in [1.807, 2.05) is 0 Å². The summed E-state index contributed by atoms with van der Waals surface area (Å²) in [6, 6.07) is 3.88. The second-order valence-electron chi connectivity index (χ2n) is 3.66. The molecule has 98 valence electrons. The van der Waals surface area contributed by atoms with Crippen LogP contribution >= 0.6 is 12.6 Å². The fraction of sp³-hybridized carbons (Fsp3) is 0.273. The Kier molecular flexibility index (Phi) is 4.92. The molecule has 0 heterocycles. The molecule has 7 heteroatoms. The topological polar surface area (TPSA) is 77.3 Å². The second kappa shape index (κ2) is 6.01. The summed E-state index contributed by atoms with van der Waals surface area (Å²) in [6.45, 7) is 0. The number of allylic oxidation sites excluding steroid dienone is 1. The van der Waals surface area contributed by atoms with E-state index in [4.69, 9.17) is 0 Å². The molecular weight excluding hydrogens is 274 g/mol. The monoisotopic (exact) mass is 287 g/mol. The third kappa shape index (κ3) is 3.85. The summed E-state index contributed by atoms with van der Waals surface area (Å²) in [4.78, 5) is 10.3. The maximum Gasteiger partial charge on any atom is 0.277 e. The van der Waals surface area contributed by atoms with Gasteiger partial charge in [0.2, 0.25) is 0 Å². The first-order chi connectivity index (χ1) is 8.36. The molecule has 1 aromatic rings. The molecule has 0 saturated carbocycles. The van der Waals surface area contributed by atoms with Crippen LogP contribution in [0.2, 0.25) is 0 Å². The first-order valence-electron chi connectivity index (χ1n) is 5.12. The number of sulfone groups is 1. The van der Waals surface area contributed by atoms with Crippen LogP contribution in [-0.4, -0.2) is 25.3 Å². The third-order valence-electron chi connectivity index (χ3n) is 2.22. The van der Waals surface area contributed by atoms with Crippen molar-refractivity contribution in [2.45, 2.75) is 11.3 Å². The Morgan fingerprint density at radius 3 is 2.61 bits per heavy atom. The molecule has 1 aromatic carbocycles. The molecule has 18 heavy (non-hydrogen) atoms. The van der Waals surface area contributed by atoms with E-state index in [1.165, 1.54) is 12.1 Å². The highest BCUT2D eigenvalue weighted by Crippen LogP contribution is 2.24. The van der Waals surface area contributed by atoms with Gasteiger partial charge in [0.05, 0.1) is 15.4 Å². The molecule has 1 rings (SSSR count). The molecule has 0 spiro atoms. The molecule has 0 aliphatic carbocycles. The van der Waals surface area contributed by atoms with Crippen molar-refractivity contribution in [3.8, 4) is 0 Å². The van der Waals surface area contributed by atoms with Crippen molar-refractivity contribution < 1.29 is 13.3 Å². The summed E-state index contributed by atoms with van der Waals surface area (Å²) in [7, 11) is -3.44. The Morgan fingerprint density at radius 1 is 1.44 bits per heavy atom. The molecule has 0 aliphatic heterocycles. The summed E-state index contributed by atoms with van der Waals surface area (Å²) < 4.78 is 22.7. The van der Waals surface area contributed by atoms with Crippen LogP contribution in [0.4, 0.5) is 5.69 Å². The van der Waals surface area contributed by atoms with Gasteiger partial charge >= 0.3 is 0 Å². The second-order valence-corrected chi connectivity index (χ2v) is 6.13. The number of benzene rings is 1. The minimum Gasteiger partial charge on any atom is -0.258 e. The summed E-state index contributed by atoms with van der Waals surface area (Å²) >= 11 is 4.02. The number of hydrogen-bond donors (Lipinski definition) is 1. The number of nitro benzene ring substituents is 1. The van der Waals surface area contributed by atoms with Crippen molar-refractivity contribution in [3.63, 3.8) is 0 Å². The number of thiol groups is 1. The van der Waals surface area contributed by atoms with E-state index in [9.17, 15) is 18.5 Å². The van der Waals surface area contributed by atoms with Crippen LogP contribution in [0.3, 0.4) is 0 Å². The minimum absolute atomic E-state index is 0.0551. The molecule has 0 amide bonds. The van der Waals surface area contributed by atoms with E-state index in [1.54, 1.807) is 12.2 Å². The fourth-order valence-corrected chi connectivity index (χ4v) is 2.13. The van der Waals surface area contributed by atoms with Gasteiger partial charge in [0.25, 0.3) is 5.69 Å². The highest BCUT2D eigenvalue weighted by atomic mass is 32.2. The normalized spacial score (nSPS) is 11.9. The summed E-state index contributed by atoms with van der Waals surface area (Å²) in [5, 5.41) is 10.9. The van der Waals surface area contributed by atoms with Gasteiger partial charge in [0, 0.05) is 12.3 Å². The molecule has 0 fully saturated rings. The quantitative estimate of drug-likeness (QED) is 0.512. The largest absolute Gasteiger partial charge is 0.277 e. The minimum atomic E-state index is -3.44. The van der Waals surface area contributed by atoms with Gasteiger partial charge in [-0.05, 0) is 24.3 Å². The predicted octanol–water partition coefficient (Wildman–Crippen LogP) is 2.33. The fourth-order valence-electron chi connectivity index (χ4n) is 1.34. The lowest BCUT2D eigenvalue weighted by molar-refractivity contribution is -0.385. The maximum atomic E-state index is 11.3. The number of hydrogen-bond acceptors (Lipinski definition) is 5. The molecule has 0 unspecified atom stereocenters. The van der Waals surface area contributed by atoms with Crippen LogP contribution in [0.15, 0.2) is 29.2 Å². The van der Waals surface area contributed by atoms with Gasteiger partial charge in [-0.1, -0.05) is 12.2 Å². The van der Waals surface area contributed by atoms with Gasteiger partial charge in [-0.15, -0.1) is 0 Å². The Hall–Kier alpha value is -1.34. The lowest BCUT2D eigenvalue weighted by Crippen LogP contribution is -2.00. The van der Waals surface area contributed by atoms with Gasteiger partial charge in [-0.25, -0.2) is 8.42 Å². The molecule has 0 radical (unpaired) electrons. The van der Waals surface area contributed by atoms with Gasteiger partial charge in [-0.3, -0.25) is 10.1 Å². The van der Waals surface area contributed by atoms with Crippen molar-refractivity contribution in [2.75, 3.05) is 12.0 Å². The third-order valence-corrected chi connectivity index (χ3v) is 3.59. The first-order valence-corrected chi connectivity index (χ1v) is 7.64. The number of nitro groups is 1. The van der Waals surface area contributed by atoms with E-state index >= 15 is 0 Å². The van der Waals surface area contributed by atoms with Crippen LogP contribution < -0.4 is 0 Å². The average Bonchev–Trinajstić information content (AvgIpc) is 2.28. The zero-order chi connectivity index (χ0) is 13.8. The van der Waals surface area contributed by atoms with Gasteiger partial charge in [0.1, 0.15) is 0 Å². The highest BCUT2D eigenvalue weighted by Gasteiger charge is 2.16. The van der Waals surface area contributed by atoms with Crippen molar-refractivity contribution in [2.24, 2.45) is 0 Å². The predicted molar refractivity (Wildman–Crippen MR) is 73.7 cm³/mol. The zero-order valence-corrected chi connectivity index (χ0v) is 11.4.